The highest BCUT2D eigenvalue weighted by Gasteiger charge is 2.33. The van der Waals surface area contributed by atoms with E-state index in [1.165, 1.54) is 24.9 Å². The molecule has 2 N–H and O–H groups in total. The molecule has 2 heterocycles. The summed E-state index contributed by atoms with van der Waals surface area (Å²) >= 11 is 2.16. The predicted molar refractivity (Wildman–Crippen MR) is 110 cm³/mol. The molecule has 0 unspecified atom stereocenters. The van der Waals surface area contributed by atoms with E-state index in [0.29, 0.717) is 28.3 Å². The molecule has 0 fully saturated rings. The molecule has 0 saturated heterocycles. The van der Waals surface area contributed by atoms with Crippen LogP contribution < -0.4 is 10.6 Å². The van der Waals surface area contributed by atoms with Gasteiger partial charge in [0.25, 0.3) is 5.91 Å². The van der Waals surface area contributed by atoms with E-state index in [0.717, 1.165) is 28.4 Å². The van der Waals surface area contributed by atoms with Crippen LogP contribution >= 0.6 is 23.1 Å². The number of thioether (sulfide) groups is 1. The number of nitrogens with zero attached hydrogens (tertiary/aromatic N) is 2. The van der Waals surface area contributed by atoms with Crippen LogP contribution in [0.25, 0.3) is 10.1 Å². The van der Waals surface area contributed by atoms with Crippen molar-refractivity contribution < 1.29 is 31.1 Å². The molecular formula is C19H15F6N3OS2. The Balaban J connectivity index is 2.05. The number of alkyl halides is 6. The summed E-state index contributed by atoms with van der Waals surface area (Å²) in [6.07, 6.45) is -8.61. The number of nitrogens with two attached hydrogens (primary N) is 1. The Hall–Kier alpha value is -2.47. The molecule has 0 aliphatic rings. The lowest BCUT2D eigenvalue weighted by Crippen LogP contribution is -2.28. The van der Waals surface area contributed by atoms with Crippen molar-refractivity contribution in [2.75, 3.05) is 23.4 Å². The monoisotopic (exact) mass is 479 g/mol. The van der Waals surface area contributed by atoms with Crippen molar-refractivity contribution in [1.82, 2.24) is 4.98 Å². The lowest BCUT2D eigenvalue weighted by Gasteiger charge is -2.19. The van der Waals surface area contributed by atoms with Gasteiger partial charge in [0.2, 0.25) is 0 Å². The minimum atomic E-state index is -4.64. The fraction of sp³-hybridized carbons (Fsp3) is 0.263. The second-order valence-corrected chi connectivity index (χ2v) is 8.73. The minimum Gasteiger partial charge on any atom is -0.396 e. The minimum absolute atomic E-state index is 0.157. The van der Waals surface area contributed by atoms with Crippen molar-refractivity contribution in [3.63, 3.8) is 0 Å². The molecule has 0 spiro atoms. The molecular weight excluding hydrogens is 464 g/mol. The Bertz CT molecular complexity index is 1140. The smallest absolute Gasteiger partial charge is 0.396 e. The third kappa shape index (κ3) is 4.59. The van der Waals surface area contributed by atoms with Crippen LogP contribution in [0.3, 0.4) is 0 Å². The van der Waals surface area contributed by atoms with Gasteiger partial charge in [0.15, 0.2) is 5.82 Å². The molecule has 0 aliphatic carbocycles. The van der Waals surface area contributed by atoms with Crippen molar-refractivity contribution >= 4 is 50.6 Å². The van der Waals surface area contributed by atoms with Gasteiger partial charge in [-0.15, -0.1) is 23.1 Å². The lowest BCUT2D eigenvalue weighted by molar-refractivity contribution is -0.138. The molecule has 31 heavy (non-hydrogen) atoms. The van der Waals surface area contributed by atoms with Crippen molar-refractivity contribution in [3.05, 3.63) is 46.5 Å². The van der Waals surface area contributed by atoms with E-state index < -0.39 is 29.4 Å². The second kappa shape index (κ2) is 8.23. The zero-order valence-corrected chi connectivity index (χ0v) is 17.7. The van der Waals surface area contributed by atoms with Gasteiger partial charge in [-0.2, -0.15) is 26.3 Å². The maximum atomic E-state index is 13.1. The van der Waals surface area contributed by atoms with Gasteiger partial charge in [-0.05, 0) is 24.0 Å². The molecule has 0 radical (unpaired) electrons. The second-order valence-electron chi connectivity index (χ2n) is 6.40. The third-order valence-electron chi connectivity index (χ3n) is 4.30. The van der Waals surface area contributed by atoms with Crippen molar-refractivity contribution in [1.29, 1.82) is 0 Å². The van der Waals surface area contributed by atoms with E-state index >= 15 is 0 Å². The largest absolute Gasteiger partial charge is 0.417 e. The molecule has 0 atom stereocenters. The van der Waals surface area contributed by atoms with Crippen LogP contribution in [0.15, 0.2) is 35.4 Å². The Labute approximate surface area is 181 Å². The van der Waals surface area contributed by atoms with Gasteiger partial charge in [-0.3, -0.25) is 9.69 Å². The number of hydrogen-bond acceptors (Lipinski definition) is 5. The van der Waals surface area contributed by atoms with Crippen molar-refractivity contribution in [2.45, 2.75) is 24.2 Å². The predicted octanol–water partition coefficient (Wildman–Crippen LogP) is 6.30. The maximum Gasteiger partial charge on any atom is 0.417 e. The maximum absolute atomic E-state index is 13.1. The van der Waals surface area contributed by atoms with Crippen LogP contribution in [0.5, 0.6) is 0 Å². The van der Waals surface area contributed by atoms with Crippen LogP contribution in [0.1, 0.15) is 27.7 Å². The van der Waals surface area contributed by atoms with Crippen molar-refractivity contribution in [2.24, 2.45) is 0 Å². The molecule has 12 heteroatoms. The van der Waals surface area contributed by atoms with Crippen LogP contribution in [0.2, 0.25) is 0 Å². The number of fused-ring (bicyclic) bond motifs is 1. The summed E-state index contributed by atoms with van der Waals surface area (Å²) in [6, 6.07) is 3.91. The molecule has 3 aromatic rings. The number of pyridine rings is 1. The van der Waals surface area contributed by atoms with Crippen molar-refractivity contribution in [3.8, 4) is 0 Å². The standard InChI is InChI=1S/C19H15F6N3OS2/c1-3-30-14-11-5-4-9(18(20,21)22)7-13(11)31-15(14)17(29)28(2)16-12(26)6-10(8-27-16)19(23,24)25/h4-8H,3,26H2,1-2H3. The topological polar surface area (TPSA) is 59.2 Å². The summed E-state index contributed by atoms with van der Waals surface area (Å²) in [6.45, 7) is 1.83. The third-order valence-corrected chi connectivity index (χ3v) is 6.57. The zero-order valence-electron chi connectivity index (χ0n) is 16.1. The molecule has 166 valence electrons. The van der Waals surface area contributed by atoms with Crippen LogP contribution in [-0.2, 0) is 12.4 Å². The van der Waals surface area contributed by atoms with E-state index in [1.807, 2.05) is 6.92 Å². The first kappa shape index (κ1) is 23.2. The first-order valence-corrected chi connectivity index (χ1v) is 10.5. The average molecular weight is 479 g/mol. The molecule has 0 saturated carbocycles. The molecule has 4 nitrogen and oxygen atoms in total. The van der Waals surface area contributed by atoms with Gasteiger partial charge in [-0.25, -0.2) is 4.98 Å². The first-order chi connectivity index (χ1) is 14.3. The average Bonchev–Trinajstić information content (AvgIpc) is 3.03. The number of nitrogen functional groups attached to an aromatic ring is 1. The number of rotatable bonds is 4. The molecule has 1 amide bonds. The van der Waals surface area contributed by atoms with E-state index in [4.69, 9.17) is 5.73 Å². The number of halogens is 6. The highest BCUT2D eigenvalue weighted by Crippen LogP contribution is 2.42. The Morgan fingerprint density at radius 1 is 1.13 bits per heavy atom. The molecule has 0 aliphatic heterocycles. The van der Waals surface area contributed by atoms with Gasteiger partial charge in [0, 0.05) is 28.2 Å². The van der Waals surface area contributed by atoms with Crippen LogP contribution in [0.4, 0.5) is 37.8 Å². The number of anilines is 2. The summed E-state index contributed by atoms with van der Waals surface area (Å²) in [4.78, 5) is 18.4. The van der Waals surface area contributed by atoms with Gasteiger partial charge in [-0.1, -0.05) is 13.0 Å². The summed E-state index contributed by atoms with van der Waals surface area (Å²) in [5, 5.41) is 0.495. The summed E-state index contributed by atoms with van der Waals surface area (Å²) in [7, 11) is 1.29. The van der Waals surface area contributed by atoms with E-state index in [9.17, 15) is 31.1 Å². The molecule has 0 bridgehead atoms. The van der Waals surface area contributed by atoms with E-state index in [-0.39, 0.29) is 21.1 Å². The number of amides is 1. The number of hydrogen-bond donors (Lipinski definition) is 1. The molecule has 3 rings (SSSR count). The fourth-order valence-electron chi connectivity index (χ4n) is 2.84. The normalized spacial score (nSPS) is 12.4. The zero-order chi connectivity index (χ0) is 23.1. The van der Waals surface area contributed by atoms with Crippen LogP contribution in [-0.4, -0.2) is 23.7 Å². The van der Waals surface area contributed by atoms with E-state index in [2.05, 4.69) is 4.98 Å². The van der Waals surface area contributed by atoms with Crippen LogP contribution in [0, 0.1) is 0 Å². The number of carbonyl (C=O) groups is 1. The highest BCUT2D eigenvalue weighted by atomic mass is 32.2. The Morgan fingerprint density at radius 2 is 1.77 bits per heavy atom. The molecule has 2 aromatic heterocycles. The molecule has 1 aromatic carbocycles. The quantitative estimate of drug-likeness (QED) is 0.352. The van der Waals surface area contributed by atoms with Gasteiger partial charge < -0.3 is 5.73 Å². The number of benzene rings is 1. The highest BCUT2D eigenvalue weighted by molar-refractivity contribution is 7.99. The van der Waals surface area contributed by atoms with E-state index in [1.54, 1.807) is 0 Å². The SMILES string of the molecule is CCSc1c(C(=O)N(C)c2ncc(C(F)(F)F)cc2N)sc2cc(C(F)(F)F)ccc12. The summed E-state index contributed by atoms with van der Waals surface area (Å²) < 4.78 is 78.0. The number of aromatic nitrogens is 1. The number of thiophene rings is 1. The Morgan fingerprint density at radius 3 is 2.32 bits per heavy atom. The summed E-state index contributed by atoms with van der Waals surface area (Å²) in [5.74, 6) is -0.263. The fourth-order valence-corrected chi connectivity index (χ4v) is 5.16. The van der Waals surface area contributed by atoms with Gasteiger partial charge in [0.1, 0.15) is 4.88 Å². The lowest BCUT2D eigenvalue weighted by atomic mass is 10.1. The first-order valence-electron chi connectivity index (χ1n) is 8.72. The van der Waals surface area contributed by atoms with Gasteiger partial charge >= 0.3 is 12.4 Å². The number of carbonyl (C=O) groups excluding carboxylic acids is 1. The Kier molecular flexibility index (Phi) is 6.16. The van der Waals surface area contributed by atoms with Gasteiger partial charge in [0.05, 0.1) is 16.8 Å². The summed E-state index contributed by atoms with van der Waals surface area (Å²) in [5.41, 5.74) is 3.45.